The maximum absolute atomic E-state index is 13.4. The van der Waals surface area contributed by atoms with Gasteiger partial charge in [0.25, 0.3) is 0 Å². The number of carbonyl (C=O) groups is 1. The summed E-state index contributed by atoms with van der Waals surface area (Å²) in [5.41, 5.74) is 1.19. The van der Waals surface area contributed by atoms with E-state index in [4.69, 9.17) is 4.74 Å². The number of hydrazone groups is 1. The monoisotopic (exact) mass is 222 g/mol. The summed E-state index contributed by atoms with van der Waals surface area (Å²) in [5.74, 6) is -0.363. The molecule has 0 unspecified atom stereocenters. The van der Waals surface area contributed by atoms with Crippen molar-refractivity contribution in [3.63, 3.8) is 0 Å². The number of carbonyl (C=O) groups excluding carboxylic acids is 1. The molecule has 0 bridgehead atoms. The summed E-state index contributed by atoms with van der Waals surface area (Å²) in [6, 6.07) is 4.53. The van der Waals surface area contributed by atoms with Crippen molar-refractivity contribution >= 4 is 11.6 Å². The number of benzene rings is 1. The molecule has 0 radical (unpaired) electrons. The van der Waals surface area contributed by atoms with E-state index >= 15 is 0 Å². The van der Waals surface area contributed by atoms with Crippen LogP contribution in [0.4, 0.5) is 4.39 Å². The second-order valence-corrected chi connectivity index (χ2v) is 3.49. The van der Waals surface area contributed by atoms with Crippen LogP contribution in [0.15, 0.2) is 23.3 Å². The number of ether oxygens (including phenoxy) is 1. The molecule has 0 N–H and O–H groups in total. The van der Waals surface area contributed by atoms with E-state index in [1.807, 2.05) is 0 Å². The summed E-state index contributed by atoms with van der Waals surface area (Å²) < 4.78 is 18.2. The van der Waals surface area contributed by atoms with Gasteiger partial charge in [-0.2, -0.15) is 5.10 Å². The molecule has 1 aliphatic rings. The van der Waals surface area contributed by atoms with Crippen LogP contribution in [0, 0.1) is 5.82 Å². The molecular weight excluding hydrogens is 211 g/mol. The van der Waals surface area contributed by atoms with E-state index in [0.29, 0.717) is 11.3 Å². The van der Waals surface area contributed by atoms with Crippen LogP contribution in [0.25, 0.3) is 0 Å². The maximum Gasteiger partial charge on any atom is 0.248 e. The van der Waals surface area contributed by atoms with E-state index in [9.17, 15) is 9.18 Å². The lowest BCUT2D eigenvalue weighted by molar-refractivity contribution is -0.127. The number of rotatable bonds is 2. The van der Waals surface area contributed by atoms with Gasteiger partial charge in [0.05, 0.1) is 19.2 Å². The van der Waals surface area contributed by atoms with Crippen molar-refractivity contribution in [2.75, 3.05) is 14.2 Å². The Morgan fingerprint density at radius 2 is 2.25 bits per heavy atom. The molecule has 0 saturated carbocycles. The fraction of sp³-hybridized carbons (Fsp3) is 0.273. The molecule has 0 spiro atoms. The van der Waals surface area contributed by atoms with Gasteiger partial charge in [-0.25, -0.2) is 9.40 Å². The van der Waals surface area contributed by atoms with Gasteiger partial charge >= 0.3 is 0 Å². The minimum Gasteiger partial charge on any atom is -0.494 e. The highest BCUT2D eigenvalue weighted by Crippen LogP contribution is 2.20. The first-order valence-electron chi connectivity index (χ1n) is 4.80. The first kappa shape index (κ1) is 10.6. The zero-order chi connectivity index (χ0) is 11.7. The number of hydrogen-bond donors (Lipinski definition) is 0. The molecule has 0 fully saturated rings. The molecule has 0 aromatic heterocycles. The zero-order valence-electron chi connectivity index (χ0n) is 9.03. The van der Waals surface area contributed by atoms with Crippen LogP contribution in [-0.2, 0) is 4.79 Å². The molecule has 0 aliphatic carbocycles. The fourth-order valence-electron chi connectivity index (χ4n) is 1.54. The molecule has 1 aromatic rings. The smallest absolute Gasteiger partial charge is 0.248 e. The SMILES string of the molecule is COc1ccc(C2=NN(C)C(=O)C2)cc1F. The van der Waals surface area contributed by atoms with Gasteiger partial charge in [0.2, 0.25) is 5.91 Å². The van der Waals surface area contributed by atoms with Crippen LogP contribution in [0.1, 0.15) is 12.0 Å². The standard InChI is InChI=1S/C11H11FN2O2/c1-14-11(15)6-9(13-14)7-3-4-10(16-2)8(12)5-7/h3-5H,6H2,1-2H3. The van der Waals surface area contributed by atoms with E-state index in [-0.39, 0.29) is 18.1 Å². The first-order chi connectivity index (χ1) is 7.61. The van der Waals surface area contributed by atoms with Gasteiger partial charge in [-0.15, -0.1) is 0 Å². The lowest BCUT2D eigenvalue weighted by atomic mass is 10.1. The highest BCUT2D eigenvalue weighted by Gasteiger charge is 2.22. The number of hydrogen-bond acceptors (Lipinski definition) is 3. The summed E-state index contributed by atoms with van der Waals surface area (Å²) in [5, 5.41) is 5.29. The lowest BCUT2D eigenvalue weighted by Gasteiger charge is -2.03. The molecule has 84 valence electrons. The normalized spacial score (nSPS) is 15.3. The molecule has 1 aromatic carbocycles. The number of amides is 1. The molecule has 5 heteroatoms. The topological polar surface area (TPSA) is 41.9 Å². The third-order valence-corrected chi connectivity index (χ3v) is 2.44. The van der Waals surface area contributed by atoms with Crippen molar-refractivity contribution in [2.45, 2.75) is 6.42 Å². The van der Waals surface area contributed by atoms with E-state index in [1.54, 1.807) is 13.1 Å². The van der Waals surface area contributed by atoms with Crippen molar-refractivity contribution in [3.8, 4) is 5.75 Å². The molecule has 2 rings (SSSR count). The highest BCUT2D eigenvalue weighted by atomic mass is 19.1. The minimum absolute atomic E-state index is 0.0915. The van der Waals surface area contributed by atoms with Crippen LogP contribution in [0.2, 0.25) is 0 Å². The van der Waals surface area contributed by atoms with Gasteiger partial charge in [0, 0.05) is 12.6 Å². The second kappa shape index (κ2) is 3.92. The average Bonchev–Trinajstić information content (AvgIpc) is 2.59. The number of halogens is 1. The quantitative estimate of drug-likeness (QED) is 0.759. The van der Waals surface area contributed by atoms with Crippen LogP contribution >= 0.6 is 0 Å². The van der Waals surface area contributed by atoms with E-state index in [2.05, 4.69) is 5.10 Å². The summed E-state index contributed by atoms with van der Waals surface area (Å²) in [6.45, 7) is 0. The van der Waals surface area contributed by atoms with Crippen molar-refractivity contribution in [1.29, 1.82) is 0 Å². The Balaban J connectivity index is 2.33. The molecule has 4 nitrogen and oxygen atoms in total. The van der Waals surface area contributed by atoms with Crippen LogP contribution in [0.5, 0.6) is 5.75 Å². The Labute approximate surface area is 92.3 Å². The van der Waals surface area contributed by atoms with Gasteiger partial charge in [-0.3, -0.25) is 4.79 Å². The van der Waals surface area contributed by atoms with Gasteiger partial charge in [0.15, 0.2) is 11.6 Å². The van der Waals surface area contributed by atoms with Gasteiger partial charge in [-0.1, -0.05) is 0 Å². The van der Waals surface area contributed by atoms with Crippen LogP contribution < -0.4 is 4.74 Å². The molecule has 1 heterocycles. The molecule has 0 saturated heterocycles. The van der Waals surface area contributed by atoms with E-state index in [1.165, 1.54) is 24.3 Å². The minimum atomic E-state index is -0.454. The zero-order valence-corrected chi connectivity index (χ0v) is 9.03. The predicted molar refractivity (Wildman–Crippen MR) is 56.9 cm³/mol. The van der Waals surface area contributed by atoms with E-state index in [0.717, 1.165) is 0 Å². The lowest BCUT2D eigenvalue weighted by Crippen LogP contribution is -2.14. The molecule has 1 aliphatic heterocycles. The average molecular weight is 222 g/mol. The Morgan fingerprint density at radius 3 is 2.75 bits per heavy atom. The van der Waals surface area contributed by atoms with Gasteiger partial charge < -0.3 is 4.74 Å². The second-order valence-electron chi connectivity index (χ2n) is 3.49. The van der Waals surface area contributed by atoms with Gasteiger partial charge in [-0.05, 0) is 18.2 Å². The largest absolute Gasteiger partial charge is 0.494 e. The Hall–Kier alpha value is -1.91. The summed E-state index contributed by atoms with van der Waals surface area (Å²) in [4.78, 5) is 11.3. The Kier molecular flexibility index (Phi) is 2.60. The van der Waals surface area contributed by atoms with Crippen molar-refractivity contribution in [3.05, 3.63) is 29.6 Å². The number of methoxy groups -OCH3 is 1. The van der Waals surface area contributed by atoms with Crippen molar-refractivity contribution in [1.82, 2.24) is 5.01 Å². The van der Waals surface area contributed by atoms with Crippen molar-refractivity contribution < 1.29 is 13.9 Å². The molecule has 16 heavy (non-hydrogen) atoms. The number of nitrogens with zero attached hydrogens (tertiary/aromatic N) is 2. The fourth-order valence-corrected chi connectivity index (χ4v) is 1.54. The first-order valence-corrected chi connectivity index (χ1v) is 4.80. The third-order valence-electron chi connectivity index (χ3n) is 2.44. The molecular formula is C11H11FN2O2. The highest BCUT2D eigenvalue weighted by molar-refractivity contribution is 6.13. The molecule has 0 atom stereocenters. The molecule has 1 amide bonds. The van der Waals surface area contributed by atoms with Crippen LogP contribution in [0.3, 0.4) is 0 Å². The van der Waals surface area contributed by atoms with Crippen molar-refractivity contribution in [2.24, 2.45) is 5.10 Å². The summed E-state index contributed by atoms with van der Waals surface area (Å²) in [7, 11) is 2.98. The third kappa shape index (κ3) is 1.76. The maximum atomic E-state index is 13.4. The Morgan fingerprint density at radius 1 is 1.50 bits per heavy atom. The van der Waals surface area contributed by atoms with Gasteiger partial charge in [0.1, 0.15) is 0 Å². The van der Waals surface area contributed by atoms with Crippen LogP contribution in [-0.4, -0.2) is 30.8 Å². The summed E-state index contributed by atoms with van der Waals surface area (Å²) in [6.07, 6.45) is 0.211. The Bertz CT molecular complexity index is 471. The summed E-state index contributed by atoms with van der Waals surface area (Å²) >= 11 is 0. The predicted octanol–water partition coefficient (Wildman–Crippen LogP) is 1.40. The van der Waals surface area contributed by atoms with E-state index < -0.39 is 5.82 Å².